The summed E-state index contributed by atoms with van der Waals surface area (Å²) in [5, 5.41) is 0. The summed E-state index contributed by atoms with van der Waals surface area (Å²) in [5.74, 6) is 2.19. The molecule has 0 atom stereocenters. The Morgan fingerprint density at radius 1 is 0.615 bits per heavy atom. The van der Waals surface area contributed by atoms with Crippen LogP contribution >= 0.6 is 0 Å². The van der Waals surface area contributed by atoms with Crippen LogP contribution in [-0.4, -0.2) is 0 Å². The predicted molar refractivity (Wildman–Crippen MR) is 116 cm³/mol. The molecule has 4 rings (SSSR count). The minimum atomic E-state index is 0.798. The molecule has 0 nitrogen and oxygen atoms in total. The second-order valence-corrected chi connectivity index (χ2v) is 10.7. The van der Waals surface area contributed by atoms with Crippen LogP contribution < -0.4 is 0 Å². The van der Waals surface area contributed by atoms with Gasteiger partial charge in [-0.1, -0.05) is 84.5 Å². The minimum Gasteiger partial charge on any atom is -0.0654 e. The van der Waals surface area contributed by atoms with E-state index in [1.54, 1.807) is 77.0 Å². The lowest BCUT2D eigenvalue weighted by molar-refractivity contribution is -0.0655. The summed E-state index contributed by atoms with van der Waals surface area (Å²) in [4.78, 5) is 0. The maximum absolute atomic E-state index is 2.35. The van der Waals surface area contributed by atoms with Crippen molar-refractivity contribution in [3.05, 3.63) is 0 Å². The van der Waals surface area contributed by atoms with Gasteiger partial charge in [0.2, 0.25) is 0 Å². The van der Waals surface area contributed by atoms with E-state index >= 15 is 0 Å². The monoisotopic (exact) mass is 360 g/mol. The van der Waals surface area contributed by atoms with Gasteiger partial charge in [0.25, 0.3) is 0 Å². The molecular weight excluding hydrogens is 312 g/mol. The highest BCUT2D eigenvalue weighted by atomic mass is 14.6. The van der Waals surface area contributed by atoms with Crippen LogP contribution in [0.4, 0.5) is 0 Å². The molecule has 0 aromatic rings. The normalized spacial score (nSPS) is 37.2. The van der Waals surface area contributed by atoms with Gasteiger partial charge in [0.1, 0.15) is 0 Å². The van der Waals surface area contributed by atoms with Crippen LogP contribution in [0.1, 0.15) is 142 Å². The summed E-state index contributed by atoms with van der Waals surface area (Å²) >= 11 is 0. The van der Waals surface area contributed by atoms with Crippen molar-refractivity contribution in [2.24, 2.45) is 22.7 Å². The van der Waals surface area contributed by atoms with Crippen molar-refractivity contribution < 1.29 is 0 Å². The Morgan fingerprint density at radius 3 is 1.81 bits per heavy atom. The number of hydrogen-bond acceptors (Lipinski definition) is 0. The van der Waals surface area contributed by atoms with Gasteiger partial charge < -0.3 is 0 Å². The first-order chi connectivity index (χ1) is 12.7. The van der Waals surface area contributed by atoms with E-state index in [2.05, 4.69) is 13.8 Å². The zero-order valence-electron chi connectivity index (χ0n) is 18.3. The molecule has 0 spiro atoms. The Balaban J connectivity index is 1.38. The first-order valence-corrected chi connectivity index (χ1v) is 12.7. The molecule has 0 heteroatoms. The lowest BCUT2D eigenvalue weighted by atomic mass is 9.47. The fraction of sp³-hybridized carbons (Fsp3) is 1.00. The van der Waals surface area contributed by atoms with E-state index in [9.17, 15) is 0 Å². The molecule has 0 N–H and O–H groups in total. The van der Waals surface area contributed by atoms with E-state index in [0.717, 1.165) is 22.7 Å². The molecule has 0 amide bonds. The SMILES string of the molecule is CCCCCCCC1CCC(C23CCC(CCCCC)(CC2)CC3)CC1. The van der Waals surface area contributed by atoms with Crippen LogP contribution in [0.3, 0.4) is 0 Å². The second kappa shape index (κ2) is 9.97. The summed E-state index contributed by atoms with van der Waals surface area (Å²) in [7, 11) is 0. The minimum absolute atomic E-state index is 0.798. The number of fused-ring (bicyclic) bond motifs is 3. The van der Waals surface area contributed by atoms with Gasteiger partial charge >= 0.3 is 0 Å². The molecule has 152 valence electrons. The van der Waals surface area contributed by atoms with Crippen molar-refractivity contribution in [1.29, 1.82) is 0 Å². The van der Waals surface area contributed by atoms with Gasteiger partial charge in [-0.25, -0.2) is 0 Å². The van der Waals surface area contributed by atoms with E-state index in [0.29, 0.717) is 0 Å². The first kappa shape index (κ1) is 20.7. The Labute approximate surface area is 165 Å². The number of hydrogen-bond donors (Lipinski definition) is 0. The first-order valence-electron chi connectivity index (χ1n) is 12.7. The summed E-state index contributed by atoms with van der Waals surface area (Å²) in [6, 6.07) is 0. The molecule has 4 aliphatic carbocycles. The second-order valence-electron chi connectivity index (χ2n) is 10.7. The van der Waals surface area contributed by atoms with Gasteiger partial charge in [-0.05, 0) is 80.5 Å². The fourth-order valence-electron chi connectivity index (χ4n) is 7.13. The Hall–Kier alpha value is 0. The van der Waals surface area contributed by atoms with Gasteiger partial charge in [-0.3, -0.25) is 0 Å². The lowest BCUT2D eigenvalue weighted by Gasteiger charge is -2.58. The van der Waals surface area contributed by atoms with Crippen molar-refractivity contribution in [1.82, 2.24) is 0 Å². The molecular formula is C26H48. The molecule has 0 unspecified atom stereocenters. The predicted octanol–water partition coefficient (Wildman–Crippen LogP) is 9.07. The van der Waals surface area contributed by atoms with Gasteiger partial charge in [0, 0.05) is 0 Å². The summed E-state index contributed by atoms with van der Waals surface area (Å²) in [6.07, 6.45) is 30.7. The van der Waals surface area contributed by atoms with E-state index in [1.165, 1.54) is 51.4 Å². The van der Waals surface area contributed by atoms with E-state index in [4.69, 9.17) is 0 Å². The molecule has 0 heterocycles. The topological polar surface area (TPSA) is 0 Å². The van der Waals surface area contributed by atoms with E-state index in [-0.39, 0.29) is 0 Å². The molecule has 0 radical (unpaired) electrons. The summed E-state index contributed by atoms with van der Waals surface area (Å²) in [6.45, 7) is 4.68. The standard InChI is InChI=1S/C26H48/c1-3-5-7-8-9-11-23-12-14-24(15-13-23)26-20-17-25(18-21-26,19-22-26)16-10-6-4-2/h23-24H,3-22H2,1-2H3. The molecule has 0 saturated heterocycles. The van der Waals surface area contributed by atoms with Crippen molar-refractivity contribution in [2.45, 2.75) is 142 Å². The highest BCUT2D eigenvalue weighted by Gasteiger charge is 2.51. The smallest absolute Gasteiger partial charge is 0.0269 e. The lowest BCUT2D eigenvalue weighted by Crippen LogP contribution is -2.46. The Kier molecular flexibility index (Phi) is 7.95. The molecule has 2 bridgehead atoms. The van der Waals surface area contributed by atoms with Gasteiger partial charge in [0.05, 0.1) is 0 Å². The number of rotatable bonds is 11. The van der Waals surface area contributed by atoms with E-state index in [1.807, 2.05) is 0 Å². The maximum atomic E-state index is 2.35. The fourth-order valence-corrected chi connectivity index (χ4v) is 7.13. The van der Waals surface area contributed by atoms with Crippen LogP contribution in [0, 0.1) is 22.7 Å². The third-order valence-electron chi connectivity index (χ3n) is 9.20. The van der Waals surface area contributed by atoms with Gasteiger partial charge in [0.15, 0.2) is 0 Å². The zero-order valence-corrected chi connectivity index (χ0v) is 18.3. The maximum Gasteiger partial charge on any atom is -0.0269 e. The van der Waals surface area contributed by atoms with Gasteiger partial charge in [-0.2, -0.15) is 0 Å². The molecule has 4 fully saturated rings. The largest absolute Gasteiger partial charge is 0.0654 e. The number of unbranched alkanes of at least 4 members (excludes halogenated alkanes) is 6. The average molecular weight is 361 g/mol. The van der Waals surface area contributed by atoms with E-state index < -0.39 is 0 Å². The van der Waals surface area contributed by atoms with Crippen LogP contribution in [0.5, 0.6) is 0 Å². The summed E-state index contributed by atoms with van der Waals surface area (Å²) < 4.78 is 0. The quantitative estimate of drug-likeness (QED) is 0.322. The Bertz CT molecular complexity index is 362. The third kappa shape index (κ3) is 5.08. The molecule has 0 aromatic carbocycles. The van der Waals surface area contributed by atoms with Gasteiger partial charge in [-0.15, -0.1) is 0 Å². The Morgan fingerprint density at radius 2 is 1.19 bits per heavy atom. The molecule has 26 heavy (non-hydrogen) atoms. The molecule has 0 aliphatic heterocycles. The van der Waals surface area contributed by atoms with Crippen LogP contribution in [-0.2, 0) is 0 Å². The third-order valence-corrected chi connectivity index (χ3v) is 9.20. The van der Waals surface area contributed by atoms with Crippen LogP contribution in [0.2, 0.25) is 0 Å². The highest BCUT2D eigenvalue weighted by Crippen LogP contribution is 2.63. The zero-order chi connectivity index (χ0) is 18.3. The van der Waals surface area contributed by atoms with Crippen molar-refractivity contribution in [3.8, 4) is 0 Å². The summed E-state index contributed by atoms with van der Waals surface area (Å²) in [5.41, 5.74) is 1.60. The van der Waals surface area contributed by atoms with Crippen LogP contribution in [0.25, 0.3) is 0 Å². The molecule has 0 aromatic heterocycles. The van der Waals surface area contributed by atoms with Crippen molar-refractivity contribution in [3.63, 3.8) is 0 Å². The van der Waals surface area contributed by atoms with Crippen molar-refractivity contribution >= 4 is 0 Å². The average Bonchev–Trinajstić information content (AvgIpc) is 2.70. The van der Waals surface area contributed by atoms with Crippen LogP contribution in [0.15, 0.2) is 0 Å². The van der Waals surface area contributed by atoms with Crippen molar-refractivity contribution in [2.75, 3.05) is 0 Å². The molecule has 4 aliphatic rings. The molecule has 4 saturated carbocycles. The highest BCUT2D eigenvalue weighted by molar-refractivity contribution is 5.02.